The first-order valence-electron chi connectivity index (χ1n) is 9.60. The summed E-state index contributed by atoms with van der Waals surface area (Å²) in [6.07, 6.45) is -3.19. The molecule has 180 valence electrons. The second-order valence-corrected chi connectivity index (χ2v) is 7.83. The lowest BCUT2D eigenvalue weighted by atomic mass is 10.1. The van der Waals surface area contributed by atoms with Gasteiger partial charge in [-0.3, -0.25) is 19.3 Å². The number of halogens is 3. The Morgan fingerprint density at radius 2 is 1.74 bits per heavy atom. The minimum Gasteiger partial charge on any atom is -0.497 e. The summed E-state index contributed by atoms with van der Waals surface area (Å²) in [6, 6.07) is 7.46. The minimum atomic E-state index is -4.63. The van der Waals surface area contributed by atoms with E-state index in [1.165, 1.54) is 27.4 Å². The highest BCUT2D eigenvalue weighted by Gasteiger charge is 2.37. The van der Waals surface area contributed by atoms with E-state index < -0.39 is 35.3 Å². The summed E-state index contributed by atoms with van der Waals surface area (Å²) >= 11 is 0.626. The predicted molar refractivity (Wildman–Crippen MR) is 119 cm³/mol. The maximum absolute atomic E-state index is 13.0. The summed E-state index contributed by atoms with van der Waals surface area (Å²) in [5.74, 6) is -0.673. The van der Waals surface area contributed by atoms with Gasteiger partial charge in [0.1, 0.15) is 23.8 Å². The van der Waals surface area contributed by atoms with Crippen LogP contribution in [0.5, 0.6) is 17.2 Å². The summed E-state index contributed by atoms with van der Waals surface area (Å²) in [5.41, 5.74) is -0.731. The number of nitrogens with one attached hydrogen (secondary N) is 1. The van der Waals surface area contributed by atoms with E-state index in [0.717, 1.165) is 12.1 Å². The van der Waals surface area contributed by atoms with E-state index in [-0.39, 0.29) is 16.3 Å². The van der Waals surface area contributed by atoms with Gasteiger partial charge in [0, 0.05) is 11.6 Å². The summed E-state index contributed by atoms with van der Waals surface area (Å²) in [4.78, 5) is 38.3. The summed E-state index contributed by atoms with van der Waals surface area (Å²) in [5, 5.41) is 1.57. The number of carbonyl (C=O) groups is 3. The number of anilines is 1. The number of carbonyl (C=O) groups excluding carboxylic acids is 3. The third kappa shape index (κ3) is 5.45. The third-order valence-corrected chi connectivity index (χ3v) is 5.61. The summed E-state index contributed by atoms with van der Waals surface area (Å²) in [7, 11) is 4.15. The average Bonchev–Trinajstić information content (AvgIpc) is 3.05. The maximum Gasteiger partial charge on any atom is 0.416 e. The van der Waals surface area contributed by atoms with Gasteiger partial charge in [-0.2, -0.15) is 13.2 Å². The highest BCUT2D eigenvalue weighted by molar-refractivity contribution is 8.18. The van der Waals surface area contributed by atoms with Crippen molar-refractivity contribution < 1.29 is 41.8 Å². The zero-order valence-corrected chi connectivity index (χ0v) is 19.0. The fourth-order valence-corrected chi connectivity index (χ4v) is 3.86. The van der Waals surface area contributed by atoms with Crippen molar-refractivity contribution in [3.63, 3.8) is 0 Å². The Bertz CT molecular complexity index is 1170. The molecular formula is C22H19F3N2O6S. The van der Waals surface area contributed by atoms with E-state index in [0.29, 0.717) is 39.8 Å². The quantitative estimate of drug-likeness (QED) is 0.568. The van der Waals surface area contributed by atoms with Crippen molar-refractivity contribution in [1.82, 2.24) is 4.90 Å². The average molecular weight is 496 g/mol. The zero-order valence-electron chi connectivity index (χ0n) is 18.2. The number of imide groups is 1. The first-order chi connectivity index (χ1) is 16.1. The van der Waals surface area contributed by atoms with Gasteiger partial charge in [-0.15, -0.1) is 0 Å². The molecule has 3 rings (SSSR count). The molecule has 1 aliphatic rings. The topological polar surface area (TPSA) is 94.2 Å². The molecule has 12 heteroatoms. The molecule has 8 nitrogen and oxygen atoms in total. The van der Waals surface area contributed by atoms with Gasteiger partial charge in [-0.25, -0.2) is 0 Å². The molecule has 3 amide bonds. The summed E-state index contributed by atoms with van der Waals surface area (Å²) in [6.45, 7) is -0.693. The molecule has 1 saturated heterocycles. The van der Waals surface area contributed by atoms with Gasteiger partial charge < -0.3 is 19.5 Å². The van der Waals surface area contributed by atoms with E-state index >= 15 is 0 Å². The van der Waals surface area contributed by atoms with Crippen molar-refractivity contribution in [2.45, 2.75) is 6.18 Å². The second-order valence-electron chi connectivity index (χ2n) is 6.84. The molecule has 0 saturated carbocycles. The lowest BCUT2D eigenvalue weighted by Gasteiger charge is -2.16. The highest BCUT2D eigenvalue weighted by Crippen LogP contribution is 2.36. The number of benzene rings is 2. The van der Waals surface area contributed by atoms with Crippen molar-refractivity contribution in [3.05, 3.63) is 52.4 Å². The van der Waals surface area contributed by atoms with Crippen molar-refractivity contribution in [2.75, 3.05) is 33.2 Å². The van der Waals surface area contributed by atoms with Crippen LogP contribution in [0, 0.1) is 0 Å². The highest BCUT2D eigenvalue weighted by atomic mass is 32.2. The van der Waals surface area contributed by atoms with Crippen molar-refractivity contribution in [1.29, 1.82) is 0 Å². The van der Waals surface area contributed by atoms with Crippen LogP contribution in [0.3, 0.4) is 0 Å². The van der Waals surface area contributed by atoms with Gasteiger partial charge >= 0.3 is 6.18 Å². The molecule has 0 bridgehead atoms. The minimum absolute atomic E-state index is 0.0121. The Hall–Kier alpha value is -3.67. The van der Waals surface area contributed by atoms with Gasteiger partial charge in [0.25, 0.3) is 11.1 Å². The number of methoxy groups -OCH3 is 3. The van der Waals surface area contributed by atoms with Crippen LogP contribution in [0.1, 0.15) is 11.1 Å². The van der Waals surface area contributed by atoms with Crippen LogP contribution in [0.25, 0.3) is 6.08 Å². The van der Waals surface area contributed by atoms with Crippen molar-refractivity contribution in [2.24, 2.45) is 0 Å². The Kier molecular flexibility index (Phi) is 7.40. The molecule has 0 radical (unpaired) electrons. The number of hydrogen-bond acceptors (Lipinski definition) is 7. The number of rotatable bonds is 7. The van der Waals surface area contributed by atoms with Crippen molar-refractivity contribution in [3.8, 4) is 17.2 Å². The van der Waals surface area contributed by atoms with Crippen LogP contribution in [-0.2, 0) is 15.8 Å². The lowest BCUT2D eigenvalue weighted by Crippen LogP contribution is -2.36. The molecule has 1 aliphatic heterocycles. The fraction of sp³-hybridized carbons (Fsp3) is 0.227. The Labute approximate surface area is 196 Å². The smallest absolute Gasteiger partial charge is 0.416 e. The number of nitrogens with zero attached hydrogens (tertiary/aromatic N) is 1. The van der Waals surface area contributed by atoms with Gasteiger partial charge in [0.05, 0.1) is 37.5 Å². The predicted octanol–water partition coefficient (Wildman–Crippen LogP) is 4.41. The summed E-state index contributed by atoms with van der Waals surface area (Å²) < 4.78 is 54.4. The van der Waals surface area contributed by atoms with Gasteiger partial charge in [0.15, 0.2) is 0 Å². The molecule has 1 fully saturated rings. The van der Waals surface area contributed by atoms with Crippen LogP contribution in [-0.4, -0.2) is 49.8 Å². The number of ether oxygens (including phenoxy) is 3. The Morgan fingerprint density at radius 3 is 2.35 bits per heavy atom. The first kappa shape index (κ1) is 25.0. The molecule has 0 unspecified atom stereocenters. The van der Waals surface area contributed by atoms with E-state index in [9.17, 15) is 27.6 Å². The molecule has 0 aliphatic carbocycles. The van der Waals surface area contributed by atoms with E-state index in [1.807, 2.05) is 0 Å². The largest absolute Gasteiger partial charge is 0.497 e. The van der Waals surface area contributed by atoms with Gasteiger partial charge in [-0.05, 0) is 48.2 Å². The maximum atomic E-state index is 13.0. The van der Waals surface area contributed by atoms with E-state index in [2.05, 4.69) is 5.32 Å². The molecular weight excluding hydrogens is 477 g/mol. The standard InChI is InChI=1S/C22H19F3N2O6S/c1-31-14-6-4-12(17(10-14)33-3)8-18-20(29)27(21(30)34-18)11-19(28)26-15-9-13(22(23,24)25)5-7-16(15)32-2/h4-10H,11H2,1-3H3,(H,26,28)/b18-8-. The van der Waals surface area contributed by atoms with E-state index in [4.69, 9.17) is 14.2 Å². The number of hydrogen-bond donors (Lipinski definition) is 1. The zero-order chi connectivity index (χ0) is 25.0. The van der Waals surface area contributed by atoms with Crippen molar-refractivity contribution >= 4 is 40.6 Å². The van der Waals surface area contributed by atoms with Crippen LogP contribution in [0.2, 0.25) is 0 Å². The van der Waals surface area contributed by atoms with Crippen LogP contribution < -0.4 is 19.5 Å². The lowest BCUT2D eigenvalue weighted by molar-refractivity contribution is -0.137. The molecule has 34 heavy (non-hydrogen) atoms. The number of thioether (sulfide) groups is 1. The van der Waals surface area contributed by atoms with Crippen LogP contribution in [0.4, 0.5) is 23.7 Å². The molecule has 0 aromatic heterocycles. The van der Waals surface area contributed by atoms with Gasteiger partial charge in [0.2, 0.25) is 5.91 Å². The Balaban J connectivity index is 1.77. The first-order valence-corrected chi connectivity index (χ1v) is 10.4. The fourth-order valence-electron chi connectivity index (χ4n) is 3.03. The van der Waals surface area contributed by atoms with Crippen LogP contribution in [0.15, 0.2) is 41.3 Å². The number of amides is 3. The molecule has 0 spiro atoms. The number of alkyl halides is 3. The van der Waals surface area contributed by atoms with Crippen LogP contribution >= 0.6 is 11.8 Å². The van der Waals surface area contributed by atoms with E-state index in [1.54, 1.807) is 18.2 Å². The molecule has 2 aromatic rings. The monoisotopic (exact) mass is 496 g/mol. The second kappa shape index (κ2) is 10.1. The SMILES string of the molecule is COc1ccc(/C=C2\SC(=O)N(CC(=O)Nc3cc(C(F)(F)F)ccc3OC)C2=O)c(OC)c1. The molecule has 1 N–H and O–H groups in total. The normalized spacial score (nSPS) is 15.0. The Morgan fingerprint density at radius 1 is 1.03 bits per heavy atom. The molecule has 1 heterocycles. The van der Waals surface area contributed by atoms with Gasteiger partial charge in [-0.1, -0.05) is 0 Å². The third-order valence-electron chi connectivity index (χ3n) is 4.70. The molecule has 2 aromatic carbocycles. The molecule has 0 atom stereocenters.